The molecule has 5 nitrogen and oxygen atoms in total. The minimum atomic E-state index is -0.693. The van der Waals surface area contributed by atoms with E-state index >= 15 is 0 Å². The summed E-state index contributed by atoms with van der Waals surface area (Å²) in [7, 11) is 0. The fourth-order valence-corrected chi connectivity index (χ4v) is 4.08. The van der Waals surface area contributed by atoms with Crippen molar-refractivity contribution in [3.8, 4) is 0 Å². The Morgan fingerprint density at radius 3 is 3.04 bits per heavy atom. The Bertz CT molecular complexity index is 728. The van der Waals surface area contributed by atoms with E-state index in [1.807, 2.05) is 50.3 Å². The summed E-state index contributed by atoms with van der Waals surface area (Å²) in [5.74, 6) is -1.40. The molecule has 0 saturated carbocycles. The summed E-state index contributed by atoms with van der Waals surface area (Å²) in [5.41, 5.74) is 1.25. The highest BCUT2D eigenvalue weighted by atomic mass is 16.6. The molecule has 0 N–H and O–H groups in total. The lowest BCUT2D eigenvalue weighted by Gasteiger charge is -2.22. The molecule has 24 heavy (non-hydrogen) atoms. The Balaban J connectivity index is 1.65. The number of nitrogens with zero attached hydrogens (tertiary/aromatic N) is 1. The van der Waals surface area contributed by atoms with E-state index in [0.717, 1.165) is 17.7 Å². The van der Waals surface area contributed by atoms with E-state index in [9.17, 15) is 9.59 Å². The van der Waals surface area contributed by atoms with Gasteiger partial charge in [-0.1, -0.05) is 31.2 Å². The number of fused-ring (bicyclic) bond motifs is 1. The highest BCUT2D eigenvalue weighted by Gasteiger charge is 2.67. The van der Waals surface area contributed by atoms with Crippen LogP contribution in [0.1, 0.15) is 18.9 Å². The third-order valence-electron chi connectivity index (χ3n) is 5.13. The normalized spacial score (nSPS) is 33.2. The maximum Gasteiger partial charge on any atom is 0.312 e. The quantitative estimate of drug-likeness (QED) is 0.629. The van der Waals surface area contributed by atoms with Crippen LogP contribution in [0.3, 0.4) is 0 Å². The number of rotatable bonds is 4. The maximum atomic E-state index is 13.1. The van der Waals surface area contributed by atoms with Gasteiger partial charge in [-0.05, 0) is 31.0 Å². The van der Waals surface area contributed by atoms with Gasteiger partial charge in [0.25, 0.3) is 0 Å². The van der Waals surface area contributed by atoms with E-state index in [2.05, 4.69) is 0 Å². The molecule has 2 saturated heterocycles. The predicted molar refractivity (Wildman–Crippen MR) is 88.5 cm³/mol. The molecule has 0 aromatic heterocycles. The summed E-state index contributed by atoms with van der Waals surface area (Å²) in [6, 6.07) is 7.83. The molecule has 2 bridgehead atoms. The van der Waals surface area contributed by atoms with Gasteiger partial charge in [-0.15, -0.1) is 0 Å². The molecule has 0 radical (unpaired) electrons. The van der Waals surface area contributed by atoms with Crippen LogP contribution in [0, 0.1) is 18.8 Å². The summed E-state index contributed by atoms with van der Waals surface area (Å²) in [6.45, 7) is 4.77. The zero-order valence-corrected chi connectivity index (χ0v) is 13.9. The topological polar surface area (TPSA) is 55.8 Å². The van der Waals surface area contributed by atoms with Gasteiger partial charge >= 0.3 is 5.97 Å². The van der Waals surface area contributed by atoms with Crippen LogP contribution < -0.4 is 4.90 Å². The highest BCUT2D eigenvalue weighted by Crippen LogP contribution is 2.52. The molecule has 1 spiro atoms. The van der Waals surface area contributed by atoms with Crippen molar-refractivity contribution in [2.45, 2.75) is 32.0 Å². The van der Waals surface area contributed by atoms with Gasteiger partial charge in [-0.2, -0.15) is 0 Å². The fourth-order valence-electron chi connectivity index (χ4n) is 4.08. The van der Waals surface area contributed by atoms with Crippen molar-refractivity contribution in [2.24, 2.45) is 11.8 Å². The number of aryl methyl sites for hydroxylation is 1. The van der Waals surface area contributed by atoms with E-state index in [-0.39, 0.29) is 18.0 Å². The number of ether oxygens (including phenoxy) is 2. The van der Waals surface area contributed by atoms with Crippen molar-refractivity contribution in [1.29, 1.82) is 0 Å². The first-order valence-corrected chi connectivity index (χ1v) is 8.47. The average molecular weight is 327 g/mol. The molecule has 3 aliphatic rings. The monoisotopic (exact) mass is 327 g/mol. The summed E-state index contributed by atoms with van der Waals surface area (Å²) >= 11 is 0. The Morgan fingerprint density at radius 2 is 2.29 bits per heavy atom. The van der Waals surface area contributed by atoms with Crippen molar-refractivity contribution in [3.63, 3.8) is 0 Å². The average Bonchev–Trinajstić information content (AvgIpc) is 3.21. The van der Waals surface area contributed by atoms with Crippen LogP contribution in [0.5, 0.6) is 0 Å². The van der Waals surface area contributed by atoms with Crippen molar-refractivity contribution in [3.05, 3.63) is 42.0 Å². The molecule has 3 aliphatic heterocycles. The molecule has 3 heterocycles. The molecule has 2 fully saturated rings. The SMILES string of the molecule is CCCOC(=O)[C@@H]1[C@@H]2C=C[C@@]3(CN(c4cccc(C)c4)C(=O)[C@H]13)O2. The number of benzene rings is 1. The minimum absolute atomic E-state index is 0.0501. The molecule has 1 aromatic rings. The maximum absolute atomic E-state index is 13.1. The second-order valence-corrected chi connectivity index (χ2v) is 6.83. The van der Waals surface area contributed by atoms with Gasteiger partial charge < -0.3 is 14.4 Å². The van der Waals surface area contributed by atoms with Crippen LogP contribution >= 0.6 is 0 Å². The number of carbonyl (C=O) groups is 2. The lowest BCUT2D eigenvalue weighted by Crippen LogP contribution is -2.40. The third-order valence-corrected chi connectivity index (χ3v) is 5.13. The summed E-state index contributed by atoms with van der Waals surface area (Å²) in [5, 5.41) is 0. The Kier molecular flexibility index (Phi) is 3.49. The van der Waals surface area contributed by atoms with Crippen LogP contribution in [0.25, 0.3) is 0 Å². The second kappa shape index (κ2) is 5.45. The van der Waals surface area contributed by atoms with Gasteiger partial charge in [-0.25, -0.2) is 0 Å². The number of hydrogen-bond acceptors (Lipinski definition) is 4. The van der Waals surface area contributed by atoms with E-state index in [1.165, 1.54) is 0 Å². The second-order valence-electron chi connectivity index (χ2n) is 6.83. The first-order chi connectivity index (χ1) is 11.6. The number of anilines is 1. The zero-order chi connectivity index (χ0) is 16.9. The first-order valence-electron chi connectivity index (χ1n) is 8.47. The molecule has 4 rings (SSSR count). The highest BCUT2D eigenvalue weighted by molar-refractivity contribution is 6.02. The van der Waals surface area contributed by atoms with E-state index in [4.69, 9.17) is 9.47 Å². The van der Waals surface area contributed by atoms with Crippen molar-refractivity contribution in [2.75, 3.05) is 18.1 Å². The molecule has 0 aliphatic carbocycles. The van der Waals surface area contributed by atoms with Crippen LogP contribution in [0.15, 0.2) is 36.4 Å². The van der Waals surface area contributed by atoms with Gasteiger partial charge in [0.05, 0.1) is 25.2 Å². The van der Waals surface area contributed by atoms with E-state index < -0.39 is 17.4 Å². The van der Waals surface area contributed by atoms with Gasteiger partial charge in [0.1, 0.15) is 11.5 Å². The van der Waals surface area contributed by atoms with Crippen molar-refractivity contribution in [1.82, 2.24) is 0 Å². The Morgan fingerprint density at radius 1 is 1.46 bits per heavy atom. The van der Waals surface area contributed by atoms with Gasteiger partial charge in [0.2, 0.25) is 5.91 Å². The zero-order valence-electron chi connectivity index (χ0n) is 13.9. The Labute approximate surface area is 141 Å². The lowest BCUT2D eigenvalue weighted by atomic mass is 9.77. The number of esters is 1. The fraction of sp³-hybridized carbons (Fsp3) is 0.474. The molecule has 1 amide bonds. The summed E-state index contributed by atoms with van der Waals surface area (Å²) in [6.07, 6.45) is 4.28. The van der Waals surface area contributed by atoms with E-state index in [1.54, 1.807) is 4.90 Å². The van der Waals surface area contributed by atoms with Crippen molar-refractivity contribution < 1.29 is 19.1 Å². The van der Waals surface area contributed by atoms with E-state index in [0.29, 0.717) is 13.2 Å². The minimum Gasteiger partial charge on any atom is -0.465 e. The van der Waals surface area contributed by atoms with Crippen LogP contribution in [0.4, 0.5) is 5.69 Å². The molecule has 1 aromatic carbocycles. The molecule has 4 atom stereocenters. The first kappa shape index (κ1) is 15.4. The van der Waals surface area contributed by atoms with Crippen LogP contribution in [-0.2, 0) is 19.1 Å². The Hall–Kier alpha value is -2.14. The molecule has 0 unspecified atom stereocenters. The largest absolute Gasteiger partial charge is 0.465 e. The number of carbonyl (C=O) groups excluding carboxylic acids is 2. The lowest BCUT2D eigenvalue weighted by molar-refractivity contribution is -0.152. The predicted octanol–water partition coefficient (Wildman–Crippen LogP) is 2.23. The van der Waals surface area contributed by atoms with Crippen LogP contribution in [-0.4, -0.2) is 36.7 Å². The molecular formula is C19H21NO4. The molecular weight excluding hydrogens is 306 g/mol. The summed E-state index contributed by atoms with van der Waals surface area (Å²) in [4.78, 5) is 27.3. The smallest absolute Gasteiger partial charge is 0.312 e. The number of amides is 1. The number of hydrogen-bond donors (Lipinski definition) is 0. The van der Waals surface area contributed by atoms with Gasteiger partial charge in [0.15, 0.2) is 0 Å². The third kappa shape index (κ3) is 2.11. The van der Waals surface area contributed by atoms with Gasteiger partial charge in [-0.3, -0.25) is 9.59 Å². The van der Waals surface area contributed by atoms with Crippen LogP contribution in [0.2, 0.25) is 0 Å². The van der Waals surface area contributed by atoms with Crippen molar-refractivity contribution >= 4 is 17.6 Å². The molecule has 5 heteroatoms. The standard InChI is InChI=1S/C19H21NO4/c1-3-9-23-18(22)15-14-7-8-19(24-14)11-20(17(21)16(15)19)13-6-4-5-12(2)10-13/h4-8,10,14-16H,3,9,11H2,1-2H3/t14-,15+,16-,19-/m0/s1. The van der Waals surface area contributed by atoms with Gasteiger partial charge in [0, 0.05) is 5.69 Å². The summed E-state index contributed by atoms with van der Waals surface area (Å²) < 4.78 is 11.4. The molecule has 126 valence electrons.